The molecule has 0 spiro atoms. The van der Waals surface area contributed by atoms with Crippen LogP contribution in [0.5, 0.6) is 0 Å². The predicted molar refractivity (Wildman–Crippen MR) is 124 cm³/mol. The maximum Gasteiger partial charge on any atom is 0.306 e. The molecule has 4 rings (SSSR count). The molecule has 32 heavy (non-hydrogen) atoms. The number of esters is 1. The molecule has 0 fully saturated rings. The summed E-state index contributed by atoms with van der Waals surface area (Å²) in [6, 6.07) is 15.3. The highest BCUT2D eigenvalue weighted by Crippen LogP contribution is 2.23. The van der Waals surface area contributed by atoms with Crippen LogP contribution in [0, 0.1) is 20.8 Å². The number of carbonyl (C=O) groups excluding carboxylic acids is 2. The van der Waals surface area contributed by atoms with Gasteiger partial charge in [0.1, 0.15) is 0 Å². The Bertz CT molecular complexity index is 1330. The first kappa shape index (κ1) is 21.5. The van der Waals surface area contributed by atoms with Gasteiger partial charge in [0.15, 0.2) is 11.8 Å². The molecule has 164 valence electrons. The average Bonchev–Trinajstić information content (AvgIpc) is 3.14. The molecule has 0 radical (unpaired) electrons. The third-order valence-corrected chi connectivity index (χ3v) is 5.68. The van der Waals surface area contributed by atoms with Crippen molar-refractivity contribution in [3.05, 3.63) is 71.0 Å². The highest BCUT2D eigenvalue weighted by Gasteiger charge is 2.20. The summed E-state index contributed by atoms with van der Waals surface area (Å²) in [5, 5.41) is 8.45. The Labute approximate surface area is 186 Å². The first-order valence-corrected chi connectivity index (χ1v) is 10.6. The number of fused-ring (bicyclic) bond motifs is 3. The molecule has 2 heterocycles. The van der Waals surface area contributed by atoms with Crippen LogP contribution in [0.4, 0.5) is 5.69 Å². The van der Waals surface area contributed by atoms with Gasteiger partial charge in [-0.25, -0.2) is 9.50 Å². The lowest BCUT2D eigenvalue weighted by Crippen LogP contribution is -2.30. The second kappa shape index (κ2) is 8.78. The third kappa shape index (κ3) is 4.19. The maximum atomic E-state index is 12.4. The molecule has 0 aliphatic rings. The van der Waals surface area contributed by atoms with Crippen molar-refractivity contribution in [1.29, 1.82) is 0 Å². The highest BCUT2D eigenvalue weighted by molar-refractivity contribution is 5.95. The van der Waals surface area contributed by atoms with Crippen LogP contribution in [0.2, 0.25) is 0 Å². The fourth-order valence-electron chi connectivity index (χ4n) is 3.82. The molecule has 0 aliphatic heterocycles. The molecule has 7 heteroatoms. The van der Waals surface area contributed by atoms with E-state index in [9.17, 15) is 9.59 Å². The van der Waals surface area contributed by atoms with Crippen LogP contribution in [0.1, 0.15) is 35.9 Å². The summed E-state index contributed by atoms with van der Waals surface area (Å²) >= 11 is 0. The number of carbonyl (C=O) groups is 2. The van der Waals surface area contributed by atoms with Gasteiger partial charge < -0.3 is 10.1 Å². The number of rotatable bonds is 6. The molecule has 1 amide bonds. The summed E-state index contributed by atoms with van der Waals surface area (Å²) in [5.74, 6) is -0.784. The second-order valence-corrected chi connectivity index (χ2v) is 7.95. The SMILES string of the molecule is Cc1ccccc1NC(=O)C(C)OC(=O)CCc1c(C)nc2c3ccccc3nn2c1C. The Morgan fingerprint density at radius 1 is 1.06 bits per heavy atom. The number of amides is 1. The van der Waals surface area contributed by atoms with Crippen LogP contribution in [0.3, 0.4) is 0 Å². The van der Waals surface area contributed by atoms with Crippen molar-refractivity contribution in [1.82, 2.24) is 14.6 Å². The topological polar surface area (TPSA) is 85.6 Å². The van der Waals surface area contributed by atoms with Crippen molar-refractivity contribution in [3.8, 4) is 0 Å². The number of aryl methyl sites for hydroxylation is 3. The van der Waals surface area contributed by atoms with Gasteiger partial charge in [0, 0.05) is 28.9 Å². The quantitative estimate of drug-likeness (QED) is 0.461. The van der Waals surface area contributed by atoms with E-state index in [-0.39, 0.29) is 12.3 Å². The smallest absolute Gasteiger partial charge is 0.306 e. The number of benzene rings is 2. The van der Waals surface area contributed by atoms with Crippen LogP contribution in [-0.4, -0.2) is 32.6 Å². The zero-order chi connectivity index (χ0) is 22.8. The van der Waals surface area contributed by atoms with Gasteiger partial charge in [0.2, 0.25) is 0 Å². The molecule has 4 aromatic rings. The van der Waals surface area contributed by atoms with Crippen LogP contribution in [0.25, 0.3) is 16.6 Å². The minimum atomic E-state index is -0.888. The Morgan fingerprint density at radius 2 is 1.78 bits per heavy atom. The Kier molecular flexibility index (Phi) is 5.90. The van der Waals surface area contributed by atoms with Crippen molar-refractivity contribution >= 4 is 34.1 Å². The predicted octanol–water partition coefficient (Wildman–Crippen LogP) is 4.31. The number of para-hydroxylation sites is 1. The first-order chi connectivity index (χ1) is 15.3. The van der Waals surface area contributed by atoms with E-state index in [1.807, 2.05) is 73.8 Å². The van der Waals surface area contributed by atoms with E-state index >= 15 is 0 Å². The van der Waals surface area contributed by atoms with Gasteiger partial charge >= 0.3 is 5.97 Å². The van der Waals surface area contributed by atoms with E-state index in [1.165, 1.54) is 0 Å². The summed E-state index contributed by atoms with van der Waals surface area (Å²) in [7, 11) is 0. The number of anilines is 1. The lowest BCUT2D eigenvalue weighted by Gasteiger charge is -2.15. The summed E-state index contributed by atoms with van der Waals surface area (Å²) < 4.78 is 7.20. The van der Waals surface area contributed by atoms with E-state index in [4.69, 9.17) is 9.72 Å². The normalized spacial score (nSPS) is 12.1. The van der Waals surface area contributed by atoms with Gasteiger partial charge in [0.25, 0.3) is 5.91 Å². The summed E-state index contributed by atoms with van der Waals surface area (Å²) in [6.07, 6.45) is -0.277. The van der Waals surface area contributed by atoms with Crippen molar-refractivity contribution in [3.63, 3.8) is 0 Å². The number of nitrogens with zero attached hydrogens (tertiary/aromatic N) is 3. The first-order valence-electron chi connectivity index (χ1n) is 10.6. The molecular weight excluding hydrogens is 404 g/mol. The van der Waals surface area contributed by atoms with Gasteiger partial charge in [-0.15, -0.1) is 0 Å². The van der Waals surface area contributed by atoms with Crippen molar-refractivity contribution in [2.45, 2.75) is 46.6 Å². The van der Waals surface area contributed by atoms with E-state index < -0.39 is 12.1 Å². The molecule has 2 aromatic carbocycles. The van der Waals surface area contributed by atoms with Gasteiger partial charge in [0.05, 0.1) is 5.52 Å². The molecular formula is C25H26N4O3. The molecule has 0 saturated heterocycles. The number of hydrogen-bond donors (Lipinski definition) is 1. The van der Waals surface area contributed by atoms with Gasteiger partial charge in [-0.3, -0.25) is 9.59 Å². The Hall–Kier alpha value is -3.74. The third-order valence-electron chi connectivity index (χ3n) is 5.68. The van der Waals surface area contributed by atoms with Crippen molar-refractivity contribution < 1.29 is 14.3 Å². The van der Waals surface area contributed by atoms with Gasteiger partial charge in [-0.05, 0) is 63.4 Å². The van der Waals surface area contributed by atoms with Crippen LogP contribution in [-0.2, 0) is 20.7 Å². The van der Waals surface area contributed by atoms with E-state index in [1.54, 1.807) is 6.92 Å². The van der Waals surface area contributed by atoms with Crippen LogP contribution >= 0.6 is 0 Å². The second-order valence-electron chi connectivity index (χ2n) is 7.95. The Balaban J connectivity index is 1.43. The van der Waals surface area contributed by atoms with E-state index in [0.717, 1.165) is 39.1 Å². The van der Waals surface area contributed by atoms with Crippen LogP contribution in [0.15, 0.2) is 48.5 Å². The zero-order valence-corrected chi connectivity index (χ0v) is 18.7. The number of ether oxygens (including phenoxy) is 1. The number of hydrogen-bond acceptors (Lipinski definition) is 5. The molecule has 0 bridgehead atoms. The molecule has 2 aromatic heterocycles. The molecule has 1 unspecified atom stereocenters. The molecule has 0 aliphatic carbocycles. The summed E-state index contributed by atoms with van der Waals surface area (Å²) in [6.45, 7) is 7.40. The minimum Gasteiger partial charge on any atom is -0.453 e. The number of nitrogens with one attached hydrogen (secondary N) is 1. The number of aromatic nitrogens is 3. The molecule has 1 N–H and O–H groups in total. The van der Waals surface area contributed by atoms with Gasteiger partial charge in [-0.2, -0.15) is 5.10 Å². The van der Waals surface area contributed by atoms with Gasteiger partial charge in [-0.1, -0.05) is 30.3 Å². The lowest BCUT2D eigenvalue weighted by molar-refractivity contribution is -0.153. The maximum absolute atomic E-state index is 12.4. The average molecular weight is 431 g/mol. The minimum absolute atomic E-state index is 0.150. The largest absolute Gasteiger partial charge is 0.453 e. The zero-order valence-electron chi connectivity index (χ0n) is 18.7. The molecule has 1 atom stereocenters. The van der Waals surface area contributed by atoms with E-state index in [0.29, 0.717) is 12.1 Å². The van der Waals surface area contributed by atoms with E-state index in [2.05, 4.69) is 10.4 Å². The lowest BCUT2D eigenvalue weighted by atomic mass is 10.1. The monoisotopic (exact) mass is 430 g/mol. The highest BCUT2D eigenvalue weighted by atomic mass is 16.5. The van der Waals surface area contributed by atoms with Crippen LogP contribution < -0.4 is 5.32 Å². The Morgan fingerprint density at radius 3 is 2.56 bits per heavy atom. The molecule has 7 nitrogen and oxygen atoms in total. The standard InChI is InChI=1S/C25H26N4O3/c1-15-9-5-7-11-21(15)27-25(31)18(4)32-23(30)14-13-19-16(2)26-24-20-10-6-8-12-22(20)28-29(24)17(19)3/h5-12,18H,13-14H2,1-4H3,(H,27,31). The summed E-state index contributed by atoms with van der Waals surface area (Å²) in [5.41, 5.74) is 6.10. The van der Waals surface area contributed by atoms with Crippen molar-refractivity contribution in [2.24, 2.45) is 0 Å². The summed E-state index contributed by atoms with van der Waals surface area (Å²) in [4.78, 5) is 29.6. The fourth-order valence-corrected chi connectivity index (χ4v) is 3.82. The fraction of sp³-hybridized carbons (Fsp3) is 0.280. The molecule has 0 saturated carbocycles. The van der Waals surface area contributed by atoms with Crippen molar-refractivity contribution in [2.75, 3.05) is 5.32 Å².